The maximum absolute atomic E-state index is 12.5. The van der Waals surface area contributed by atoms with Crippen molar-refractivity contribution < 1.29 is 9.53 Å². The highest BCUT2D eigenvalue weighted by molar-refractivity contribution is 5.94. The van der Waals surface area contributed by atoms with Gasteiger partial charge in [0, 0.05) is 29.9 Å². The van der Waals surface area contributed by atoms with Gasteiger partial charge in [0.25, 0.3) is 5.91 Å². The van der Waals surface area contributed by atoms with E-state index < -0.39 is 0 Å². The van der Waals surface area contributed by atoms with Crippen LogP contribution in [0.2, 0.25) is 0 Å². The normalized spacial score (nSPS) is 10.5. The maximum Gasteiger partial charge on any atom is 0.251 e. The average Bonchev–Trinajstić information content (AvgIpc) is 2.79. The summed E-state index contributed by atoms with van der Waals surface area (Å²) < 4.78 is 5.86. The Hall–Kier alpha value is -3.99. The Labute approximate surface area is 181 Å². The summed E-state index contributed by atoms with van der Waals surface area (Å²) in [7, 11) is 0. The van der Waals surface area contributed by atoms with E-state index >= 15 is 0 Å². The molecule has 0 aliphatic carbocycles. The van der Waals surface area contributed by atoms with Crippen LogP contribution in [0.15, 0.2) is 85.1 Å². The third-order valence-electron chi connectivity index (χ3n) is 4.98. The Morgan fingerprint density at radius 1 is 0.903 bits per heavy atom. The fraction of sp³-hybridized carbons (Fsp3) is 0.115. The van der Waals surface area contributed by atoms with Crippen molar-refractivity contribution in [3.8, 4) is 23.0 Å². The smallest absolute Gasteiger partial charge is 0.251 e. The Balaban J connectivity index is 1.40. The van der Waals surface area contributed by atoms with Crippen LogP contribution < -0.4 is 10.1 Å². The van der Waals surface area contributed by atoms with Crippen molar-refractivity contribution in [2.75, 3.05) is 0 Å². The molecule has 1 N–H and O–H groups in total. The first-order valence-electron chi connectivity index (χ1n) is 10.1. The highest BCUT2D eigenvalue weighted by Crippen LogP contribution is 2.23. The Kier molecular flexibility index (Phi) is 6.03. The zero-order chi connectivity index (χ0) is 21.6. The second kappa shape index (κ2) is 9.22. The van der Waals surface area contributed by atoms with Crippen LogP contribution in [0.4, 0.5) is 0 Å². The topological polar surface area (TPSA) is 64.1 Å². The van der Waals surface area contributed by atoms with E-state index in [0.29, 0.717) is 29.6 Å². The van der Waals surface area contributed by atoms with Crippen molar-refractivity contribution in [3.05, 3.63) is 107 Å². The summed E-state index contributed by atoms with van der Waals surface area (Å²) in [4.78, 5) is 21.3. The van der Waals surface area contributed by atoms with Crippen molar-refractivity contribution in [2.24, 2.45) is 0 Å². The van der Waals surface area contributed by atoms with Gasteiger partial charge < -0.3 is 10.1 Å². The minimum absolute atomic E-state index is 0.126. The molecule has 0 unspecified atom stereocenters. The molecule has 0 spiro atoms. The minimum Gasteiger partial charge on any atom is -0.439 e. The number of aryl methyl sites for hydroxylation is 2. The van der Waals surface area contributed by atoms with Crippen molar-refractivity contribution in [1.82, 2.24) is 15.3 Å². The first-order valence-corrected chi connectivity index (χ1v) is 10.1. The molecule has 0 atom stereocenters. The summed E-state index contributed by atoms with van der Waals surface area (Å²) in [6.07, 6.45) is 1.67. The number of amides is 1. The number of ether oxygens (including phenoxy) is 1. The molecule has 0 fully saturated rings. The lowest BCUT2D eigenvalue weighted by Crippen LogP contribution is -2.23. The maximum atomic E-state index is 12.5. The van der Waals surface area contributed by atoms with Gasteiger partial charge in [0.05, 0.1) is 0 Å². The number of hydrogen-bond donors (Lipinski definition) is 1. The third kappa shape index (κ3) is 5.14. The van der Waals surface area contributed by atoms with Crippen LogP contribution >= 0.6 is 0 Å². The molecule has 5 nitrogen and oxygen atoms in total. The molecular formula is C26H23N3O2. The minimum atomic E-state index is -0.126. The summed E-state index contributed by atoms with van der Waals surface area (Å²) in [6, 6.07) is 24.7. The number of carbonyl (C=O) groups is 1. The lowest BCUT2D eigenvalue weighted by molar-refractivity contribution is 0.0951. The van der Waals surface area contributed by atoms with Crippen LogP contribution in [-0.4, -0.2) is 15.9 Å². The van der Waals surface area contributed by atoms with Gasteiger partial charge in [-0.2, -0.15) is 4.98 Å². The number of hydrogen-bond acceptors (Lipinski definition) is 4. The quantitative estimate of drug-likeness (QED) is 0.458. The molecule has 154 valence electrons. The molecule has 0 radical (unpaired) electrons. The van der Waals surface area contributed by atoms with Crippen molar-refractivity contribution in [2.45, 2.75) is 20.4 Å². The second-order valence-electron chi connectivity index (χ2n) is 7.32. The molecule has 1 heterocycles. The van der Waals surface area contributed by atoms with Gasteiger partial charge in [-0.05, 0) is 49.2 Å². The zero-order valence-corrected chi connectivity index (χ0v) is 17.5. The first-order chi connectivity index (χ1) is 15.1. The van der Waals surface area contributed by atoms with Gasteiger partial charge >= 0.3 is 0 Å². The zero-order valence-electron chi connectivity index (χ0n) is 17.5. The Bertz CT molecular complexity index is 1190. The molecular weight excluding hydrogens is 386 g/mol. The van der Waals surface area contributed by atoms with Crippen LogP contribution in [0.5, 0.6) is 11.6 Å². The van der Waals surface area contributed by atoms with Crippen molar-refractivity contribution in [3.63, 3.8) is 0 Å². The second-order valence-corrected chi connectivity index (χ2v) is 7.32. The Morgan fingerprint density at radius 2 is 1.65 bits per heavy atom. The molecule has 0 aliphatic heterocycles. The van der Waals surface area contributed by atoms with E-state index in [0.717, 1.165) is 16.7 Å². The van der Waals surface area contributed by atoms with E-state index in [1.54, 1.807) is 36.5 Å². The van der Waals surface area contributed by atoms with Gasteiger partial charge in [-0.3, -0.25) is 4.79 Å². The lowest BCUT2D eigenvalue weighted by atomic mass is 10.1. The van der Waals surface area contributed by atoms with Crippen molar-refractivity contribution in [1.29, 1.82) is 0 Å². The molecule has 0 aliphatic rings. The lowest BCUT2D eigenvalue weighted by Gasteiger charge is -2.09. The monoisotopic (exact) mass is 409 g/mol. The van der Waals surface area contributed by atoms with Crippen molar-refractivity contribution >= 4 is 5.91 Å². The first kappa shape index (κ1) is 20.3. The van der Waals surface area contributed by atoms with E-state index in [-0.39, 0.29) is 5.91 Å². The van der Waals surface area contributed by atoms with Crippen LogP contribution in [0.25, 0.3) is 11.4 Å². The molecule has 0 bridgehead atoms. The highest BCUT2D eigenvalue weighted by atomic mass is 16.5. The van der Waals surface area contributed by atoms with E-state index in [9.17, 15) is 4.79 Å². The van der Waals surface area contributed by atoms with Crippen LogP contribution in [-0.2, 0) is 6.54 Å². The largest absolute Gasteiger partial charge is 0.439 e. The highest BCUT2D eigenvalue weighted by Gasteiger charge is 2.08. The van der Waals surface area contributed by atoms with Gasteiger partial charge in [-0.25, -0.2) is 4.98 Å². The summed E-state index contributed by atoms with van der Waals surface area (Å²) in [5, 5.41) is 2.95. The number of carbonyl (C=O) groups excluding carboxylic acids is 1. The van der Waals surface area contributed by atoms with Gasteiger partial charge in [-0.1, -0.05) is 54.1 Å². The molecule has 3 aromatic carbocycles. The molecule has 0 saturated heterocycles. The summed E-state index contributed by atoms with van der Waals surface area (Å²) >= 11 is 0. The van der Waals surface area contributed by atoms with E-state index in [1.165, 1.54) is 5.56 Å². The standard InChI is InChI=1S/C26H23N3O2/c1-18-7-9-20(10-8-18)25-27-16-15-24(29-25)31-23-13-11-21(12-14-23)26(30)28-17-22-6-4-3-5-19(22)2/h3-16H,17H2,1-2H3,(H,28,30). The van der Waals surface area contributed by atoms with Crippen LogP contribution in [0.1, 0.15) is 27.0 Å². The van der Waals surface area contributed by atoms with Gasteiger partial charge in [0.15, 0.2) is 5.82 Å². The summed E-state index contributed by atoms with van der Waals surface area (Å²) in [5.74, 6) is 1.52. The third-order valence-corrected chi connectivity index (χ3v) is 4.98. The SMILES string of the molecule is Cc1ccc(-c2nccc(Oc3ccc(C(=O)NCc4ccccc4C)cc3)n2)cc1. The fourth-order valence-electron chi connectivity index (χ4n) is 3.12. The van der Waals surface area contributed by atoms with Crippen LogP contribution in [0.3, 0.4) is 0 Å². The number of rotatable bonds is 6. The van der Waals surface area contributed by atoms with E-state index in [2.05, 4.69) is 15.3 Å². The molecule has 1 amide bonds. The number of nitrogens with zero attached hydrogens (tertiary/aromatic N) is 2. The average molecular weight is 409 g/mol. The fourth-order valence-corrected chi connectivity index (χ4v) is 3.12. The van der Waals surface area contributed by atoms with E-state index in [1.807, 2.05) is 62.4 Å². The molecule has 1 aromatic heterocycles. The van der Waals surface area contributed by atoms with Gasteiger partial charge in [0.2, 0.25) is 5.88 Å². The summed E-state index contributed by atoms with van der Waals surface area (Å²) in [5.41, 5.74) is 4.94. The van der Waals surface area contributed by atoms with E-state index in [4.69, 9.17) is 4.74 Å². The molecule has 5 heteroatoms. The Morgan fingerprint density at radius 3 is 2.39 bits per heavy atom. The summed E-state index contributed by atoms with van der Waals surface area (Å²) in [6.45, 7) is 4.56. The molecule has 0 saturated carbocycles. The predicted octanol–water partition coefficient (Wildman–Crippen LogP) is 5.48. The predicted molar refractivity (Wildman–Crippen MR) is 121 cm³/mol. The molecule has 31 heavy (non-hydrogen) atoms. The number of aromatic nitrogens is 2. The molecule has 4 aromatic rings. The molecule has 4 rings (SSSR count). The number of benzene rings is 3. The van der Waals surface area contributed by atoms with Crippen LogP contribution in [0, 0.1) is 13.8 Å². The number of nitrogens with one attached hydrogen (secondary N) is 1. The van der Waals surface area contributed by atoms with Gasteiger partial charge in [-0.15, -0.1) is 0 Å². The van der Waals surface area contributed by atoms with Gasteiger partial charge in [0.1, 0.15) is 5.75 Å².